The minimum Gasteiger partial charge on any atom is -0.273 e. The molecule has 3 rings (SSSR count). The molecule has 3 nitrogen and oxygen atoms in total. The molecule has 0 bridgehead atoms. The largest absolute Gasteiger partial charge is 0.432 e. The van der Waals surface area contributed by atoms with Crippen molar-refractivity contribution in [2.75, 3.05) is 0 Å². The maximum atomic E-state index is 13.3. The van der Waals surface area contributed by atoms with Crippen LogP contribution in [0, 0.1) is 11.6 Å². The van der Waals surface area contributed by atoms with Gasteiger partial charge in [-0.25, -0.2) is 13.8 Å². The number of aromatic nitrogens is 3. The molecule has 0 aliphatic carbocycles. The van der Waals surface area contributed by atoms with Crippen molar-refractivity contribution < 1.29 is 22.0 Å². The Balaban J connectivity index is 1.99. The molecule has 0 radical (unpaired) electrons. The van der Waals surface area contributed by atoms with Crippen molar-refractivity contribution in [3.05, 3.63) is 59.8 Å². The average molecular weight is 325 g/mol. The fourth-order valence-corrected chi connectivity index (χ4v) is 1.99. The Bertz CT molecular complexity index is 854. The minimum absolute atomic E-state index is 0.00163. The van der Waals surface area contributed by atoms with E-state index in [0.717, 1.165) is 18.2 Å². The third-order valence-electron chi connectivity index (χ3n) is 3.11. The quantitative estimate of drug-likeness (QED) is 0.708. The topological polar surface area (TPSA) is 41.6 Å². The van der Waals surface area contributed by atoms with E-state index in [9.17, 15) is 22.0 Å². The van der Waals surface area contributed by atoms with Crippen LogP contribution in [0.2, 0.25) is 0 Å². The van der Waals surface area contributed by atoms with Crippen LogP contribution in [-0.2, 0) is 6.18 Å². The van der Waals surface area contributed by atoms with Gasteiger partial charge in [0.2, 0.25) is 0 Å². The van der Waals surface area contributed by atoms with Gasteiger partial charge in [-0.15, -0.1) is 0 Å². The number of aromatic amines is 1. The summed E-state index contributed by atoms with van der Waals surface area (Å²) in [6, 6.07) is 8.63. The highest BCUT2D eigenvalue weighted by atomic mass is 19.4. The van der Waals surface area contributed by atoms with Gasteiger partial charge in [-0.3, -0.25) is 5.10 Å². The van der Waals surface area contributed by atoms with E-state index >= 15 is 0 Å². The summed E-state index contributed by atoms with van der Waals surface area (Å²) >= 11 is 0. The highest BCUT2D eigenvalue weighted by Gasteiger charge is 2.33. The molecule has 1 aromatic carbocycles. The van der Waals surface area contributed by atoms with Crippen LogP contribution in [0.5, 0.6) is 0 Å². The monoisotopic (exact) mass is 325 g/mol. The molecular formula is C15H8F5N3. The third-order valence-corrected chi connectivity index (χ3v) is 3.11. The zero-order chi connectivity index (χ0) is 16.6. The van der Waals surface area contributed by atoms with Crippen LogP contribution < -0.4 is 0 Å². The number of benzene rings is 1. The van der Waals surface area contributed by atoms with Crippen molar-refractivity contribution in [2.45, 2.75) is 6.18 Å². The number of H-pyrrole nitrogens is 1. The third kappa shape index (κ3) is 3.05. The smallest absolute Gasteiger partial charge is 0.273 e. The van der Waals surface area contributed by atoms with E-state index in [1.807, 2.05) is 5.10 Å². The van der Waals surface area contributed by atoms with Gasteiger partial charge in [-0.1, -0.05) is 6.07 Å². The molecule has 0 saturated carbocycles. The molecule has 0 spiro atoms. The Morgan fingerprint density at radius 2 is 1.57 bits per heavy atom. The zero-order valence-corrected chi connectivity index (χ0v) is 11.3. The maximum absolute atomic E-state index is 13.3. The second-order valence-corrected chi connectivity index (χ2v) is 4.70. The maximum Gasteiger partial charge on any atom is 0.432 e. The van der Waals surface area contributed by atoms with Crippen molar-refractivity contribution >= 4 is 0 Å². The summed E-state index contributed by atoms with van der Waals surface area (Å²) in [6.07, 6.45) is -4.54. The van der Waals surface area contributed by atoms with Gasteiger partial charge in [0, 0.05) is 5.56 Å². The lowest BCUT2D eigenvalue weighted by Crippen LogP contribution is -2.04. The fraction of sp³-hybridized carbons (Fsp3) is 0.0667. The molecular weight excluding hydrogens is 317 g/mol. The standard InChI is InChI=1S/C15H8F5N3/c16-9-5-4-8(6-10(9)17)11-2-1-3-12(21-11)13-7-14(23-22-13)15(18,19)20/h1-7H,(H,22,23). The molecule has 118 valence electrons. The summed E-state index contributed by atoms with van der Waals surface area (Å²) in [5.74, 6) is -2.03. The van der Waals surface area contributed by atoms with E-state index in [1.54, 1.807) is 6.07 Å². The van der Waals surface area contributed by atoms with Crippen molar-refractivity contribution in [1.82, 2.24) is 15.2 Å². The van der Waals surface area contributed by atoms with E-state index < -0.39 is 23.5 Å². The van der Waals surface area contributed by atoms with E-state index in [0.29, 0.717) is 5.56 Å². The first-order valence-electron chi connectivity index (χ1n) is 6.40. The van der Waals surface area contributed by atoms with Gasteiger partial charge in [0.25, 0.3) is 0 Å². The van der Waals surface area contributed by atoms with E-state index in [4.69, 9.17) is 0 Å². The molecule has 2 heterocycles. The van der Waals surface area contributed by atoms with E-state index in [1.165, 1.54) is 18.2 Å². The number of pyridine rings is 1. The van der Waals surface area contributed by atoms with Gasteiger partial charge in [-0.05, 0) is 36.4 Å². The van der Waals surface area contributed by atoms with E-state index in [2.05, 4.69) is 10.1 Å². The van der Waals surface area contributed by atoms with Crippen molar-refractivity contribution in [3.63, 3.8) is 0 Å². The number of nitrogens with one attached hydrogen (secondary N) is 1. The molecule has 2 aromatic heterocycles. The predicted molar refractivity (Wildman–Crippen MR) is 72.2 cm³/mol. The SMILES string of the molecule is Fc1ccc(-c2cccc(-c3cc(C(F)(F)F)[nH]n3)n2)cc1F. The molecule has 0 fully saturated rings. The van der Waals surface area contributed by atoms with Gasteiger partial charge in [0.05, 0.1) is 11.4 Å². The Morgan fingerprint density at radius 3 is 2.22 bits per heavy atom. The number of hydrogen-bond donors (Lipinski definition) is 1. The summed E-state index contributed by atoms with van der Waals surface area (Å²) in [7, 11) is 0. The number of rotatable bonds is 2. The van der Waals surface area contributed by atoms with Crippen molar-refractivity contribution in [1.29, 1.82) is 0 Å². The second-order valence-electron chi connectivity index (χ2n) is 4.70. The van der Waals surface area contributed by atoms with Gasteiger partial charge >= 0.3 is 6.18 Å². The van der Waals surface area contributed by atoms with Gasteiger partial charge in [0.1, 0.15) is 11.4 Å². The Morgan fingerprint density at radius 1 is 0.826 bits per heavy atom. The summed E-state index contributed by atoms with van der Waals surface area (Å²) in [4.78, 5) is 4.14. The van der Waals surface area contributed by atoms with Crippen LogP contribution in [0.25, 0.3) is 22.6 Å². The average Bonchev–Trinajstić information content (AvgIpc) is 3.00. The number of alkyl halides is 3. The summed E-state index contributed by atoms with van der Waals surface area (Å²) in [5, 5.41) is 5.47. The lowest BCUT2D eigenvalue weighted by atomic mass is 10.1. The van der Waals surface area contributed by atoms with Gasteiger partial charge in [-0.2, -0.15) is 18.3 Å². The number of halogens is 5. The van der Waals surface area contributed by atoms with Crippen molar-refractivity contribution in [2.24, 2.45) is 0 Å². The summed E-state index contributed by atoms with van der Waals surface area (Å²) in [5.41, 5.74) is -0.219. The molecule has 23 heavy (non-hydrogen) atoms. The van der Waals surface area contributed by atoms with Crippen LogP contribution >= 0.6 is 0 Å². The lowest BCUT2D eigenvalue weighted by molar-refractivity contribution is -0.141. The minimum atomic E-state index is -4.54. The Kier molecular flexibility index (Phi) is 3.59. The fourth-order valence-electron chi connectivity index (χ4n) is 1.99. The van der Waals surface area contributed by atoms with Crippen LogP contribution in [0.1, 0.15) is 5.69 Å². The molecule has 0 aliphatic rings. The molecule has 0 atom stereocenters. The highest BCUT2D eigenvalue weighted by molar-refractivity contribution is 5.64. The summed E-state index contributed by atoms with van der Waals surface area (Å²) in [6.45, 7) is 0. The first kappa shape index (κ1) is 15.1. The molecule has 0 saturated heterocycles. The second kappa shape index (κ2) is 5.45. The Hall–Kier alpha value is -2.77. The van der Waals surface area contributed by atoms with Crippen LogP contribution in [0.15, 0.2) is 42.5 Å². The first-order chi connectivity index (χ1) is 10.8. The van der Waals surface area contributed by atoms with Crippen molar-refractivity contribution in [3.8, 4) is 22.6 Å². The molecule has 3 aromatic rings. The normalized spacial score (nSPS) is 11.7. The summed E-state index contributed by atoms with van der Waals surface area (Å²) < 4.78 is 64.0. The van der Waals surface area contributed by atoms with Gasteiger partial charge < -0.3 is 0 Å². The predicted octanol–water partition coefficient (Wildman–Crippen LogP) is 4.44. The Labute approximate surface area is 126 Å². The number of nitrogens with zero attached hydrogens (tertiary/aromatic N) is 2. The highest BCUT2D eigenvalue weighted by Crippen LogP contribution is 2.30. The van der Waals surface area contributed by atoms with Crippen LogP contribution in [0.3, 0.4) is 0 Å². The molecule has 1 N–H and O–H groups in total. The van der Waals surface area contributed by atoms with E-state index in [-0.39, 0.29) is 17.1 Å². The molecule has 0 amide bonds. The van der Waals surface area contributed by atoms with Gasteiger partial charge in [0.15, 0.2) is 11.6 Å². The molecule has 0 unspecified atom stereocenters. The lowest BCUT2D eigenvalue weighted by Gasteiger charge is -2.04. The van der Waals surface area contributed by atoms with Crippen LogP contribution in [-0.4, -0.2) is 15.2 Å². The number of hydrogen-bond acceptors (Lipinski definition) is 2. The molecule has 0 aliphatic heterocycles. The zero-order valence-electron chi connectivity index (χ0n) is 11.3. The first-order valence-corrected chi connectivity index (χ1v) is 6.40. The van der Waals surface area contributed by atoms with Crippen LogP contribution in [0.4, 0.5) is 22.0 Å². The molecule has 8 heteroatoms.